The van der Waals surface area contributed by atoms with Crippen molar-refractivity contribution in [3.05, 3.63) is 23.4 Å². The highest BCUT2D eigenvalue weighted by molar-refractivity contribution is 6.27. The summed E-state index contributed by atoms with van der Waals surface area (Å²) in [5.74, 6) is 1.02. The van der Waals surface area contributed by atoms with Gasteiger partial charge in [-0.25, -0.2) is 9.97 Å². The van der Waals surface area contributed by atoms with E-state index >= 15 is 0 Å². The van der Waals surface area contributed by atoms with E-state index in [2.05, 4.69) is 24.6 Å². The van der Waals surface area contributed by atoms with Gasteiger partial charge >= 0.3 is 5.35 Å². The molecular formula is C7H5ClN4O. The van der Waals surface area contributed by atoms with Gasteiger partial charge in [0.1, 0.15) is 11.5 Å². The number of aromatic nitrogens is 4. The number of aryl methyl sites for hydroxylation is 1. The minimum Gasteiger partial charge on any atom is -0.321 e. The van der Waals surface area contributed by atoms with E-state index in [-0.39, 0.29) is 5.35 Å². The maximum atomic E-state index is 5.47. The van der Waals surface area contributed by atoms with E-state index < -0.39 is 0 Å². The lowest BCUT2D eigenvalue weighted by molar-refractivity contribution is 0.420. The average molecular weight is 197 g/mol. The molecule has 2 aromatic heterocycles. The molecule has 13 heavy (non-hydrogen) atoms. The molecule has 0 amide bonds. The second-order valence-corrected chi connectivity index (χ2v) is 2.68. The van der Waals surface area contributed by atoms with Gasteiger partial charge in [-0.05, 0) is 24.6 Å². The predicted molar refractivity (Wildman–Crippen MR) is 45.1 cm³/mol. The summed E-state index contributed by atoms with van der Waals surface area (Å²) in [5, 5.41) is 3.62. The summed E-state index contributed by atoms with van der Waals surface area (Å²) in [7, 11) is 0. The molecule has 0 saturated carbocycles. The Morgan fingerprint density at radius 3 is 2.85 bits per heavy atom. The summed E-state index contributed by atoms with van der Waals surface area (Å²) in [6, 6.07) is 1.69. The van der Waals surface area contributed by atoms with E-state index in [0.29, 0.717) is 17.3 Å². The van der Waals surface area contributed by atoms with Crippen molar-refractivity contribution >= 4 is 11.6 Å². The molecular weight excluding hydrogens is 192 g/mol. The minimum absolute atomic E-state index is 0.00580. The van der Waals surface area contributed by atoms with Crippen LogP contribution in [0.1, 0.15) is 5.82 Å². The van der Waals surface area contributed by atoms with Crippen LogP contribution in [0.15, 0.2) is 16.8 Å². The Hall–Kier alpha value is -1.49. The van der Waals surface area contributed by atoms with Crippen LogP contribution < -0.4 is 0 Å². The zero-order valence-electron chi connectivity index (χ0n) is 6.73. The molecule has 6 heteroatoms. The molecule has 2 rings (SSSR count). The summed E-state index contributed by atoms with van der Waals surface area (Å²) in [4.78, 5) is 11.9. The first-order chi connectivity index (χ1) is 6.25. The van der Waals surface area contributed by atoms with Crippen LogP contribution >= 0.6 is 11.6 Å². The summed E-state index contributed by atoms with van der Waals surface area (Å²) in [6.45, 7) is 1.78. The van der Waals surface area contributed by atoms with Gasteiger partial charge in [-0.1, -0.05) is 5.16 Å². The predicted octanol–water partition coefficient (Wildman–Crippen LogP) is 1.49. The second kappa shape index (κ2) is 3.10. The van der Waals surface area contributed by atoms with E-state index in [1.165, 1.54) is 0 Å². The van der Waals surface area contributed by atoms with Gasteiger partial charge in [0.2, 0.25) is 5.82 Å². The van der Waals surface area contributed by atoms with Crippen molar-refractivity contribution in [2.24, 2.45) is 0 Å². The fraction of sp³-hybridized carbons (Fsp3) is 0.143. The second-order valence-electron chi connectivity index (χ2n) is 2.36. The Morgan fingerprint density at radius 1 is 1.38 bits per heavy atom. The Kier molecular flexibility index (Phi) is 1.94. The third-order valence-electron chi connectivity index (χ3n) is 1.41. The summed E-state index contributed by atoms with van der Waals surface area (Å²) < 4.78 is 4.60. The van der Waals surface area contributed by atoms with Crippen molar-refractivity contribution in [1.29, 1.82) is 0 Å². The molecule has 0 bridgehead atoms. The van der Waals surface area contributed by atoms with Crippen LogP contribution in [0.4, 0.5) is 0 Å². The van der Waals surface area contributed by atoms with Crippen LogP contribution in [0.25, 0.3) is 11.5 Å². The van der Waals surface area contributed by atoms with Gasteiger partial charge in [-0.2, -0.15) is 4.98 Å². The van der Waals surface area contributed by atoms with Gasteiger partial charge < -0.3 is 4.52 Å². The molecule has 0 aliphatic heterocycles. The SMILES string of the molecule is Cc1nccc(-c2noc(Cl)n2)n1. The van der Waals surface area contributed by atoms with Gasteiger partial charge in [0.25, 0.3) is 0 Å². The zero-order chi connectivity index (χ0) is 9.26. The number of hydrogen-bond acceptors (Lipinski definition) is 5. The summed E-state index contributed by atoms with van der Waals surface area (Å²) in [6.07, 6.45) is 1.63. The lowest BCUT2D eigenvalue weighted by Crippen LogP contribution is -1.90. The van der Waals surface area contributed by atoms with Gasteiger partial charge in [-0.15, -0.1) is 0 Å². The Balaban J connectivity index is 2.46. The molecule has 0 radical (unpaired) electrons. The molecule has 0 atom stereocenters. The van der Waals surface area contributed by atoms with Crippen LogP contribution in [0, 0.1) is 6.92 Å². The molecule has 2 aromatic rings. The molecule has 0 aliphatic carbocycles. The fourth-order valence-corrected chi connectivity index (χ4v) is 1.00. The van der Waals surface area contributed by atoms with E-state index in [4.69, 9.17) is 11.6 Å². The van der Waals surface area contributed by atoms with Crippen molar-refractivity contribution in [3.63, 3.8) is 0 Å². The summed E-state index contributed by atoms with van der Waals surface area (Å²) >= 11 is 5.47. The molecule has 0 N–H and O–H groups in total. The Morgan fingerprint density at radius 2 is 2.23 bits per heavy atom. The van der Waals surface area contributed by atoms with Crippen LogP contribution in [0.2, 0.25) is 5.35 Å². The molecule has 0 saturated heterocycles. The largest absolute Gasteiger partial charge is 0.321 e. The molecule has 66 valence electrons. The van der Waals surface area contributed by atoms with Gasteiger partial charge in [0.05, 0.1) is 0 Å². The number of rotatable bonds is 1. The molecule has 0 fully saturated rings. The first kappa shape index (κ1) is 8.12. The first-order valence-corrected chi connectivity index (χ1v) is 3.93. The van der Waals surface area contributed by atoms with Gasteiger partial charge in [0, 0.05) is 6.20 Å². The van der Waals surface area contributed by atoms with E-state index in [9.17, 15) is 0 Å². The summed E-state index contributed by atoms with van der Waals surface area (Å²) in [5.41, 5.74) is 0.600. The molecule has 0 aromatic carbocycles. The highest BCUT2D eigenvalue weighted by atomic mass is 35.5. The molecule has 5 nitrogen and oxygen atoms in total. The van der Waals surface area contributed by atoms with Crippen LogP contribution in [-0.4, -0.2) is 20.1 Å². The van der Waals surface area contributed by atoms with Crippen molar-refractivity contribution in [2.75, 3.05) is 0 Å². The molecule has 0 aliphatic rings. The van der Waals surface area contributed by atoms with Crippen LogP contribution in [-0.2, 0) is 0 Å². The fourth-order valence-electron chi connectivity index (χ4n) is 0.890. The molecule has 0 unspecified atom stereocenters. The van der Waals surface area contributed by atoms with Crippen LogP contribution in [0.5, 0.6) is 0 Å². The monoisotopic (exact) mass is 196 g/mol. The van der Waals surface area contributed by atoms with Crippen molar-refractivity contribution in [2.45, 2.75) is 6.92 Å². The normalized spacial score (nSPS) is 10.3. The number of nitrogens with zero attached hydrogens (tertiary/aromatic N) is 4. The Labute approximate surface area is 78.8 Å². The molecule has 2 heterocycles. The highest BCUT2D eigenvalue weighted by Gasteiger charge is 2.07. The van der Waals surface area contributed by atoms with E-state index in [0.717, 1.165) is 0 Å². The molecule has 0 spiro atoms. The lowest BCUT2D eigenvalue weighted by atomic mass is 10.4. The number of halogens is 1. The van der Waals surface area contributed by atoms with Crippen molar-refractivity contribution < 1.29 is 4.52 Å². The van der Waals surface area contributed by atoms with E-state index in [1.807, 2.05) is 0 Å². The third-order valence-corrected chi connectivity index (χ3v) is 1.56. The van der Waals surface area contributed by atoms with E-state index in [1.54, 1.807) is 19.2 Å². The first-order valence-electron chi connectivity index (χ1n) is 3.55. The third kappa shape index (κ3) is 1.65. The smallest absolute Gasteiger partial charge is 0.320 e. The maximum absolute atomic E-state index is 5.47. The lowest BCUT2D eigenvalue weighted by Gasteiger charge is -1.92. The van der Waals surface area contributed by atoms with Crippen LogP contribution in [0.3, 0.4) is 0 Å². The Bertz CT molecular complexity index is 428. The topological polar surface area (TPSA) is 64.7 Å². The van der Waals surface area contributed by atoms with Crippen molar-refractivity contribution in [1.82, 2.24) is 20.1 Å². The minimum atomic E-state index is 0.00580. The number of hydrogen-bond donors (Lipinski definition) is 0. The van der Waals surface area contributed by atoms with Gasteiger partial charge in [-0.3, -0.25) is 0 Å². The average Bonchev–Trinajstić information content (AvgIpc) is 2.52. The van der Waals surface area contributed by atoms with Crippen molar-refractivity contribution in [3.8, 4) is 11.5 Å². The maximum Gasteiger partial charge on any atom is 0.320 e. The zero-order valence-corrected chi connectivity index (χ0v) is 7.49. The quantitative estimate of drug-likeness (QED) is 0.691. The standard InChI is InChI=1S/C7H5ClN4O/c1-4-9-3-2-5(10-4)6-11-7(8)13-12-6/h2-3H,1H3. The highest BCUT2D eigenvalue weighted by Crippen LogP contribution is 2.14. The van der Waals surface area contributed by atoms with Gasteiger partial charge in [0.15, 0.2) is 0 Å².